The zero-order chi connectivity index (χ0) is 18.8. The number of aryl methyl sites for hydroxylation is 1. The van der Waals surface area contributed by atoms with Crippen molar-refractivity contribution in [2.24, 2.45) is 0 Å². The van der Waals surface area contributed by atoms with E-state index in [0.717, 1.165) is 36.7 Å². The minimum atomic E-state index is 0.0240. The topological polar surface area (TPSA) is 51.3 Å². The Balaban J connectivity index is 1.73. The van der Waals surface area contributed by atoms with Gasteiger partial charge in [0.25, 0.3) is 5.91 Å². The predicted molar refractivity (Wildman–Crippen MR) is 108 cm³/mol. The average Bonchev–Trinajstić information content (AvgIpc) is 3.25. The lowest BCUT2D eigenvalue weighted by Crippen LogP contribution is -2.33. The highest BCUT2D eigenvalue weighted by molar-refractivity contribution is 7.99. The molecular formula is C21H23N3O2S. The molecule has 3 heterocycles. The van der Waals surface area contributed by atoms with Crippen molar-refractivity contribution in [2.45, 2.75) is 25.5 Å². The number of para-hydroxylation sites is 1. The Morgan fingerprint density at radius 1 is 1.19 bits per heavy atom. The third-order valence-electron chi connectivity index (χ3n) is 4.80. The van der Waals surface area contributed by atoms with E-state index in [1.165, 1.54) is 0 Å². The molecule has 5 nitrogen and oxygen atoms in total. The molecule has 140 valence electrons. The summed E-state index contributed by atoms with van der Waals surface area (Å²) < 4.78 is 7.55. The van der Waals surface area contributed by atoms with Crippen molar-refractivity contribution in [1.29, 1.82) is 0 Å². The summed E-state index contributed by atoms with van der Waals surface area (Å²) in [5.41, 5.74) is 2.11. The van der Waals surface area contributed by atoms with Crippen LogP contribution in [0, 0.1) is 6.92 Å². The number of hydrogen-bond donors (Lipinski definition) is 0. The van der Waals surface area contributed by atoms with Crippen molar-refractivity contribution in [2.75, 3.05) is 18.8 Å². The minimum Gasteiger partial charge on any atom is -0.460 e. The van der Waals surface area contributed by atoms with Gasteiger partial charge in [0, 0.05) is 30.3 Å². The summed E-state index contributed by atoms with van der Waals surface area (Å²) in [5.74, 6) is 2.42. The van der Waals surface area contributed by atoms with E-state index >= 15 is 0 Å². The van der Waals surface area contributed by atoms with Crippen LogP contribution in [-0.4, -0.2) is 44.7 Å². The van der Waals surface area contributed by atoms with E-state index in [-0.39, 0.29) is 5.91 Å². The highest BCUT2D eigenvalue weighted by atomic mass is 32.2. The molecule has 2 aromatic heterocycles. The molecule has 27 heavy (non-hydrogen) atoms. The van der Waals surface area contributed by atoms with Gasteiger partial charge in [0.1, 0.15) is 11.5 Å². The first-order valence-corrected chi connectivity index (χ1v) is 10.3. The molecular weight excluding hydrogens is 358 g/mol. The Bertz CT molecular complexity index is 932. The molecule has 0 radical (unpaired) electrons. The zero-order valence-corrected chi connectivity index (χ0v) is 16.4. The standard InChI is InChI=1S/C21H23N3O2S/c1-15-8-9-19(26-15)20-18(14-24(22-20)17-6-4-3-5-7-17)21(25)23-11-10-16(2)27-13-12-23/h3-9,14,16H,10-13H2,1-2H3/t16-/m1/s1. The molecule has 6 heteroatoms. The van der Waals surface area contributed by atoms with Gasteiger partial charge in [-0.2, -0.15) is 16.9 Å². The molecule has 1 amide bonds. The van der Waals surface area contributed by atoms with Gasteiger partial charge in [-0.25, -0.2) is 4.68 Å². The second kappa shape index (κ2) is 7.64. The van der Waals surface area contributed by atoms with E-state index in [9.17, 15) is 4.79 Å². The molecule has 1 aliphatic rings. The Hall–Kier alpha value is -2.47. The van der Waals surface area contributed by atoms with Crippen LogP contribution in [0.1, 0.15) is 29.5 Å². The molecule has 1 fully saturated rings. The van der Waals surface area contributed by atoms with Crippen LogP contribution in [0.4, 0.5) is 0 Å². The van der Waals surface area contributed by atoms with Crippen molar-refractivity contribution in [1.82, 2.24) is 14.7 Å². The van der Waals surface area contributed by atoms with Crippen molar-refractivity contribution in [3.05, 3.63) is 60.0 Å². The fraction of sp³-hybridized carbons (Fsp3) is 0.333. The molecule has 3 aromatic rings. The summed E-state index contributed by atoms with van der Waals surface area (Å²) in [5, 5.41) is 5.27. The van der Waals surface area contributed by atoms with E-state index < -0.39 is 0 Å². The van der Waals surface area contributed by atoms with Gasteiger partial charge in [-0.3, -0.25) is 4.79 Å². The number of aromatic nitrogens is 2. The lowest BCUT2D eigenvalue weighted by atomic mass is 10.1. The van der Waals surface area contributed by atoms with E-state index in [1.807, 2.05) is 72.2 Å². The van der Waals surface area contributed by atoms with Gasteiger partial charge in [-0.05, 0) is 37.6 Å². The SMILES string of the molecule is Cc1ccc(-c2nn(-c3ccccc3)cc2C(=O)N2CCS[C@H](C)CC2)o1. The van der Waals surface area contributed by atoms with Crippen molar-refractivity contribution >= 4 is 17.7 Å². The van der Waals surface area contributed by atoms with Crippen LogP contribution in [0.3, 0.4) is 0 Å². The van der Waals surface area contributed by atoms with Gasteiger partial charge in [0.05, 0.1) is 11.3 Å². The lowest BCUT2D eigenvalue weighted by Gasteiger charge is -2.19. The first kappa shape index (κ1) is 17.9. The summed E-state index contributed by atoms with van der Waals surface area (Å²) in [4.78, 5) is 15.3. The number of carbonyl (C=O) groups excluding carboxylic acids is 1. The van der Waals surface area contributed by atoms with Crippen molar-refractivity contribution in [3.63, 3.8) is 0 Å². The molecule has 1 aliphatic heterocycles. The minimum absolute atomic E-state index is 0.0240. The van der Waals surface area contributed by atoms with E-state index in [2.05, 4.69) is 12.0 Å². The third kappa shape index (κ3) is 3.81. The van der Waals surface area contributed by atoms with Gasteiger partial charge in [0.15, 0.2) is 5.76 Å². The largest absolute Gasteiger partial charge is 0.460 e. The van der Waals surface area contributed by atoms with Gasteiger partial charge >= 0.3 is 0 Å². The molecule has 0 N–H and O–H groups in total. The first-order valence-electron chi connectivity index (χ1n) is 9.24. The third-order valence-corrected chi connectivity index (χ3v) is 6.02. The summed E-state index contributed by atoms with van der Waals surface area (Å²) in [6.07, 6.45) is 2.84. The fourth-order valence-electron chi connectivity index (χ4n) is 3.26. The molecule has 1 atom stereocenters. The van der Waals surface area contributed by atoms with Crippen LogP contribution >= 0.6 is 11.8 Å². The highest BCUT2D eigenvalue weighted by Gasteiger charge is 2.26. The number of rotatable bonds is 3. The van der Waals surface area contributed by atoms with E-state index in [0.29, 0.717) is 22.3 Å². The maximum absolute atomic E-state index is 13.3. The number of hydrogen-bond acceptors (Lipinski definition) is 4. The van der Waals surface area contributed by atoms with Crippen LogP contribution in [0.15, 0.2) is 53.1 Å². The Morgan fingerprint density at radius 2 is 2.00 bits per heavy atom. The normalized spacial score (nSPS) is 17.7. The maximum atomic E-state index is 13.3. The Labute approximate surface area is 163 Å². The van der Waals surface area contributed by atoms with Crippen LogP contribution in [0.25, 0.3) is 17.1 Å². The van der Waals surface area contributed by atoms with Gasteiger partial charge in [0.2, 0.25) is 0 Å². The summed E-state index contributed by atoms with van der Waals surface area (Å²) in [6.45, 7) is 5.66. The van der Waals surface area contributed by atoms with Gasteiger partial charge in [-0.1, -0.05) is 25.1 Å². The molecule has 1 aromatic carbocycles. The molecule has 0 aliphatic carbocycles. The number of amides is 1. The number of carbonyl (C=O) groups is 1. The molecule has 4 rings (SSSR count). The predicted octanol–water partition coefficient (Wildman–Crippen LogP) is 4.41. The summed E-state index contributed by atoms with van der Waals surface area (Å²) in [7, 11) is 0. The quantitative estimate of drug-likeness (QED) is 0.674. The molecule has 0 spiro atoms. The van der Waals surface area contributed by atoms with Gasteiger partial charge < -0.3 is 9.32 Å². The maximum Gasteiger partial charge on any atom is 0.257 e. The summed E-state index contributed by atoms with van der Waals surface area (Å²) >= 11 is 1.93. The molecule has 0 bridgehead atoms. The smallest absolute Gasteiger partial charge is 0.257 e. The van der Waals surface area contributed by atoms with Crippen LogP contribution in [0.5, 0.6) is 0 Å². The number of nitrogens with zero attached hydrogens (tertiary/aromatic N) is 3. The first-order chi connectivity index (χ1) is 13.1. The van der Waals surface area contributed by atoms with Crippen LogP contribution < -0.4 is 0 Å². The van der Waals surface area contributed by atoms with Crippen LogP contribution in [-0.2, 0) is 0 Å². The second-order valence-corrected chi connectivity index (χ2v) is 8.39. The summed E-state index contributed by atoms with van der Waals surface area (Å²) in [6, 6.07) is 13.6. The second-order valence-electron chi connectivity index (χ2n) is 6.84. The molecule has 0 saturated carbocycles. The monoisotopic (exact) mass is 381 g/mol. The van der Waals surface area contributed by atoms with E-state index in [4.69, 9.17) is 4.42 Å². The average molecular weight is 382 g/mol. The van der Waals surface area contributed by atoms with Crippen molar-refractivity contribution < 1.29 is 9.21 Å². The number of thioether (sulfide) groups is 1. The Kier molecular flexibility index (Phi) is 5.07. The molecule has 0 unspecified atom stereocenters. The number of benzene rings is 1. The highest BCUT2D eigenvalue weighted by Crippen LogP contribution is 2.28. The fourth-order valence-corrected chi connectivity index (χ4v) is 4.26. The van der Waals surface area contributed by atoms with E-state index in [1.54, 1.807) is 4.68 Å². The molecule has 1 saturated heterocycles. The van der Waals surface area contributed by atoms with Gasteiger partial charge in [-0.15, -0.1) is 0 Å². The van der Waals surface area contributed by atoms with Crippen LogP contribution in [0.2, 0.25) is 0 Å². The lowest BCUT2D eigenvalue weighted by molar-refractivity contribution is 0.0767. The number of furan rings is 1. The van der Waals surface area contributed by atoms with Crippen molar-refractivity contribution in [3.8, 4) is 17.1 Å². The Morgan fingerprint density at radius 3 is 2.74 bits per heavy atom. The zero-order valence-electron chi connectivity index (χ0n) is 15.6.